The van der Waals surface area contributed by atoms with Crippen molar-refractivity contribution in [2.75, 3.05) is 11.3 Å². The van der Waals surface area contributed by atoms with Gasteiger partial charge in [0.2, 0.25) is 5.75 Å². The molecule has 0 fully saturated rings. The number of anilines is 1. The van der Waals surface area contributed by atoms with E-state index in [1.807, 2.05) is 18.2 Å². The molecule has 0 spiro atoms. The largest absolute Gasteiger partial charge is 0.504 e. The lowest BCUT2D eigenvalue weighted by Gasteiger charge is -2.16. The van der Waals surface area contributed by atoms with Gasteiger partial charge >= 0.3 is 0 Å². The number of hydrogen-bond acceptors (Lipinski definition) is 6. The molecule has 1 amide bonds. The van der Waals surface area contributed by atoms with Crippen LogP contribution in [-0.4, -0.2) is 36.2 Å². The van der Waals surface area contributed by atoms with Crippen LogP contribution in [0.25, 0.3) is 10.8 Å². The number of phenols is 3. The molecule has 8 nitrogen and oxygen atoms in total. The van der Waals surface area contributed by atoms with E-state index in [4.69, 9.17) is 0 Å². The molecule has 0 aliphatic rings. The maximum Gasteiger partial charge on any atom is 0.265 e. The molecule has 4 aromatic rings. The summed E-state index contributed by atoms with van der Waals surface area (Å²) in [4.78, 5) is 12.1. The number of carbonyl (C=O) groups is 1. The number of aromatic hydroxyl groups is 3. The molecule has 4 aromatic carbocycles. The normalized spacial score (nSPS) is 11.6. The topological polar surface area (TPSA) is 136 Å². The molecule has 0 unspecified atom stereocenters. The van der Waals surface area contributed by atoms with Gasteiger partial charge in [-0.2, -0.15) is 0 Å². The first-order valence-electron chi connectivity index (χ1n) is 12.7. The second-order valence-electron chi connectivity index (χ2n) is 9.75. The summed E-state index contributed by atoms with van der Waals surface area (Å²) in [7, 11) is -4.30. The van der Waals surface area contributed by atoms with Gasteiger partial charge in [0.25, 0.3) is 15.9 Å². The van der Waals surface area contributed by atoms with Crippen LogP contribution in [0.1, 0.15) is 54.1 Å². The average Bonchev–Trinajstić information content (AvgIpc) is 2.91. The van der Waals surface area contributed by atoms with Crippen molar-refractivity contribution in [2.24, 2.45) is 0 Å². The second kappa shape index (κ2) is 11.7. The fourth-order valence-electron chi connectivity index (χ4n) is 4.35. The lowest BCUT2D eigenvalue weighted by molar-refractivity contribution is 0.0953. The Morgan fingerprint density at radius 1 is 0.821 bits per heavy atom. The van der Waals surface area contributed by atoms with Gasteiger partial charge in [-0.15, -0.1) is 0 Å². The smallest absolute Gasteiger partial charge is 0.265 e. The molecule has 39 heavy (non-hydrogen) atoms. The highest BCUT2D eigenvalue weighted by Crippen LogP contribution is 2.45. The zero-order chi connectivity index (χ0) is 28.2. The zero-order valence-electron chi connectivity index (χ0n) is 21.8. The number of nitrogens with one attached hydrogen (secondary N) is 2. The van der Waals surface area contributed by atoms with Gasteiger partial charge in [-0.05, 0) is 71.8 Å². The molecule has 0 bridgehead atoms. The maximum absolute atomic E-state index is 13.1. The van der Waals surface area contributed by atoms with Crippen LogP contribution in [0.3, 0.4) is 0 Å². The van der Waals surface area contributed by atoms with Gasteiger partial charge in [0.15, 0.2) is 11.5 Å². The molecule has 0 aliphatic heterocycles. The third-order valence-corrected chi connectivity index (χ3v) is 7.92. The van der Waals surface area contributed by atoms with Crippen LogP contribution in [0.2, 0.25) is 0 Å². The van der Waals surface area contributed by atoms with E-state index in [0.29, 0.717) is 17.5 Å². The summed E-state index contributed by atoms with van der Waals surface area (Å²) < 4.78 is 28.5. The van der Waals surface area contributed by atoms with Gasteiger partial charge in [0.1, 0.15) is 4.90 Å². The van der Waals surface area contributed by atoms with Crippen LogP contribution in [0.15, 0.2) is 77.7 Å². The van der Waals surface area contributed by atoms with Gasteiger partial charge in [0.05, 0.1) is 0 Å². The van der Waals surface area contributed by atoms with Crippen LogP contribution >= 0.6 is 0 Å². The molecular formula is C30H32N2O6S. The first-order chi connectivity index (χ1) is 18.6. The van der Waals surface area contributed by atoms with Crippen LogP contribution in [0.4, 0.5) is 5.69 Å². The monoisotopic (exact) mass is 548 g/mol. The van der Waals surface area contributed by atoms with E-state index in [2.05, 4.69) is 22.2 Å². The highest BCUT2D eigenvalue weighted by molar-refractivity contribution is 7.92. The van der Waals surface area contributed by atoms with Crippen molar-refractivity contribution in [3.05, 3.63) is 89.5 Å². The minimum Gasteiger partial charge on any atom is -0.504 e. The number of amides is 1. The van der Waals surface area contributed by atoms with Crippen molar-refractivity contribution in [3.63, 3.8) is 0 Å². The van der Waals surface area contributed by atoms with Crippen molar-refractivity contribution < 1.29 is 28.5 Å². The van der Waals surface area contributed by atoms with E-state index in [9.17, 15) is 28.5 Å². The van der Waals surface area contributed by atoms with Crippen molar-refractivity contribution in [3.8, 4) is 17.2 Å². The summed E-state index contributed by atoms with van der Waals surface area (Å²) in [5.41, 5.74) is 2.20. The summed E-state index contributed by atoms with van der Waals surface area (Å²) >= 11 is 0. The van der Waals surface area contributed by atoms with Gasteiger partial charge in [0, 0.05) is 23.4 Å². The number of phenolic OH excluding ortho intramolecular Hbond substituents is 3. The Kier molecular flexibility index (Phi) is 8.30. The zero-order valence-corrected chi connectivity index (χ0v) is 22.6. The van der Waals surface area contributed by atoms with Crippen molar-refractivity contribution in [1.82, 2.24) is 5.32 Å². The van der Waals surface area contributed by atoms with Gasteiger partial charge < -0.3 is 20.6 Å². The predicted octanol–water partition coefficient (Wildman–Crippen LogP) is 5.63. The molecule has 204 valence electrons. The molecular weight excluding hydrogens is 516 g/mol. The Morgan fingerprint density at radius 3 is 2.23 bits per heavy atom. The summed E-state index contributed by atoms with van der Waals surface area (Å²) in [6, 6.07) is 21.4. The van der Waals surface area contributed by atoms with E-state index in [1.54, 1.807) is 50.2 Å². The van der Waals surface area contributed by atoms with Gasteiger partial charge in [-0.25, -0.2) is 8.42 Å². The molecule has 0 heterocycles. The number of benzene rings is 4. The van der Waals surface area contributed by atoms with Crippen molar-refractivity contribution >= 4 is 32.4 Å². The SMILES string of the molecule is CC(C)c1cc(S(=O)(=O)Nc2ccc3cc(C(=O)NCCCCc4ccccc4)ccc3c2)c(O)c(O)c1O. The van der Waals surface area contributed by atoms with E-state index >= 15 is 0 Å². The third kappa shape index (κ3) is 6.43. The molecule has 0 saturated carbocycles. The summed E-state index contributed by atoms with van der Waals surface area (Å²) in [5.74, 6) is -2.85. The quantitative estimate of drug-likeness (QED) is 0.129. The highest BCUT2D eigenvalue weighted by Gasteiger charge is 2.27. The Hall–Kier alpha value is -4.24. The van der Waals surface area contributed by atoms with E-state index < -0.39 is 32.2 Å². The van der Waals surface area contributed by atoms with Crippen molar-refractivity contribution in [2.45, 2.75) is 43.9 Å². The highest BCUT2D eigenvalue weighted by atomic mass is 32.2. The van der Waals surface area contributed by atoms with E-state index in [1.165, 1.54) is 5.56 Å². The maximum atomic E-state index is 13.1. The molecule has 0 radical (unpaired) electrons. The molecule has 0 saturated heterocycles. The van der Waals surface area contributed by atoms with Crippen LogP contribution in [0.5, 0.6) is 17.2 Å². The lowest BCUT2D eigenvalue weighted by atomic mass is 10.0. The average molecular weight is 549 g/mol. The second-order valence-corrected chi connectivity index (χ2v) is 11.4. The van der Waals surface area contributed by atoms with Gasteiger partial charge in [-0.1, -0.05) is 56.3 Å². The molecule has 0 atom stereocenters. The minimum absolute atomic E-state index is 0.176. The Morgan fingerprint density at radius 2 is 1.51 bits per heavy atom. The number of aryl methyl sites for hydroxylation is 1. The number of unbranched alkanes of at least 4 members (excludes halogenated alkanes) is 1. The van der Waals surface area contributed by atoms with E-state index in [0.717, 1.165) is 30.7 Å². The van der Waals surface area contributed by atoms with E-state index in [-0.39, 0.29) is 23.1 Å². The summed E-state index contributed by atoms with van der Waals surface area (Å²) in [6.45, 7) is 4.02. The Bertz CT molecular complexity index is 1600. The Labute approximate surface area is 228 Å². The van der Waals surface area contributed by atoms with Crippen molar-refractivity contribution in [1.29, 1.82) is 0 Å². The van der Waals surface area contributed by atoms with Crippen LogP contribution in [-0.2, 0) is 16.4 Å². The lowest BCUT2D eigenvalue weighted by Crippen LogP contribution is -2.24. The summed E-state index contributed by atoms with van der Waals surface area (Å²) in [5, 5.41) is 34.8. The first-order valence-corrected chi connectivity index (χ1v) is 14.2. The van der Waals surface area contributed by atoms with Crippen LogP contribution < -0.4 is 10.0 Å². The molecule has 0 aliphatic carbocycles. The number of fused-ring (bicyclic) bond motifs is 1. The van der Waals surface area contributed by atoms with Crippen LogP contribution in [0, 0.1) is 0 Å². The third-order valence-electron chi connectivity index (χ3n) is 6.53. The minimum atomic E-state index is -4.30. The number of rotatable bonds is 10. The first kappa shape index (κ1) is 27.8. The fraction of sp³-hybridized carbons (Fsp3) is 0.233. The fourth-order valence-corrected chi connectivity index (χ4v) is 5.53. The molecule has 4 rings (SSSR count). The molecule has 9 heteroatoms. The molecule has 0 aromatic heterocycles. The Balaban J connectivity index is 1.43. The summed E-state index contributed by atoms with van der Waals surface area (Å²) in [6.07, 6.45) is 2.80. The number of hydrogen-bond donors (Lipinski definition) is 5. The number of sulfonamides is 1. The van der Waals surface area contributed by atoms with Gasteiger partial charge in [-0.3, -0.25) is 9.52 Å². The standard InChI is InChI=1S/C30H32N2O6S/c1-19(2)25-18-26(28(34)29(35)27(25)33)39(37,38)32-24-14-13-21-16-23(12-11-22(21)17-24)30(36)31-15-7-6-10-20-8-4-3-5-9-20/h3-5,8-9,11-14,16-19,32-35H,6-7,10,15H2,1-2H3,(H,31,36). The predicted molar refractivity (Wildman–Crippen MR) is 152 cm³/mol. The molecule has 5 N–H and O–H groups in total. The number of carbonyl (C=O) groups excluding carboxylic acids is 1.